The fourth-order valence-electron chi connectivity index (χ4n) is 2.42. The monoisotopic (exact) mass is 317 g/mol. The molecule has 0 saturated carbocycles. The molecule has 0 bridgehead atoms. The van der Waals surface area contributed by atoms with Crippen LogP contribution in [0.2, 0.25) is 0 Å². The van der Waals surface area contributed by atoms with E-state index in [1.54, 1.807) is 0 Å². The van der Waals surface area contributed by atoms with E-state index in [0.717, 1.165) is 18.4 Å². The minimum absolute atomic E-state index is 0.0184. The maximum atomic E-state index is 11.9. The number of carbonyl (C=O) groups is 1. The highest BCUT2D eigenvalue weighted by Crippen LogP contribution is 2.12. The van der Waals surface area contributed by atoms with Crippen molar-refractivity contribution in [3.8, 4) is 11.4 Å². The molecule has 2 rings (SSSR count). The first kappa shape index (κ1) is 17.1. The second kappa shape index (κ2) is 8.38. The number of benzene rings is 1. The fourth-order valence-corrected chi connectivity index (χ4v) is 2.42. The number of amides is 1. The first-order valence-electron chi connectivity index (χ1n) is 7.92. The molecule has 23 heavy (non-hydrogen) atoms. The van der Waals surface area contributed by atoms with E-state index in [1.165, 1.54) is 4.80 Å². The third-order valence-corrected chi connectivity index (χ3v) is 3.87. The average Bonchev–Trinajstić information content (AvgIpc) is 3.03. The van der Waals surface area contributed by atoms with Crippen molar-refractivity contribution < 1.29 is 9.90 Å². The Morgan fingerprint density at radius 1 is 1.26 bits per heavy atom. The summed E-state index contributed by atoms with van der Waals surface area (Å²) in [4.78, 5) is 13.2. The molecule has 0 spiro atoms. The molecule has 1 aromatic carbocycles. The van der Waals surface area contributed by atoms with Crippen LogP contribution in [0.1, 0.15) is 26.7 Å². The van der Waals surface area contributed by atoms with Crippen LogP contribution in [-0.4, -0.2) is 43.9 Å². The Kier molecular flexibility index (Phi) is 6.22. The van der Waals surface area contributed by atoms with Crippen molar-refractivity contribution in [2.45, 2.75) is 39.3 Å². The number of nitrogens with one attached hydrogen (secondary N) is 1. The van der Waals surface area contributed by atoms with Crippen LogP contribution < -0.4 is 5.32 Å². The van der Waals surface area contributed by atoms with E-state index in [1.807, 2.05) is 44.2 Å². The number of carbonyl (C=O) groups excluding carboxylic acids is 1. The standard InChI is InChI=1S/C16H23N5O2/c1-3-12(4-2)14(22)10-17-15(23)11-21-19-16(18-20-21)13-8-6-5-7-9-13/h5-9,12,14,22H,3-4,10-11H2,1-2H3,(H,17,23). The van der Waals surface area contributed by atoms with Crippen molar-refractivity contribution in [2.75, 3.05) is 6.54 Å². The van der Waals surface area contributed by atoms with Gasteiger partial charge < -0.3 is 10.4 Å². The van der Waals surface area contributed by atoms with Crippen molar-refractivity contribution in [1.29, 1.82) is 0 Å². The predicted molar refractivity (Wildman–Crippen MR) is 86.3 cm³/mol. The third kappa shape index (κ3) is 4.85. The van der Waals surface area contributed by atoms with E-state index in [4.69, 9.17) is 0 Å². The molecule has 1 atom stereocenters. The van der Waals surface area contributed by atoms with Gasteiger partial charge in [-0.15, -0.1) is 10.2 Å². The summed E-state index contributed by atoms with van der Waals surface area (Å²) < 4.78 is 0. The molecule has 1 aromatic heterocycles. The highest BCUT2D eigenvalue weighted by Gasteiger charge is 2.16. The molecule has 124 valence electrons. The topological polar surface area (TPSA) is 92.9 Å². The molecule has 0 aliphatic rings. The van der Waals surface area contributed by atoms with Crippen molar-refractivity contribution >= 4 is 5.91 Å². The molecule has 1 heterocycles. The Balaban J connectivity index is 1.85. The summed E-state index contributed by atoms with van der Waals surface area (Å²) >= 11 is 0. The molecule has 2 aromatic rings. The quantitative estimate of drug-likeness (QED) is 0.764. The lowest BCUT2D eigenvalue weighted by Gasteiger charge is -2.20. The highest BCUT2D eigenvalue weighted by atomic mass is 16.3. The van der Waals surface area contributed by atoms with E-state index in [2.05, 4.69) is 20.7 Å². The van der Waals surface area contributed by atoms with Crippen LogP contribution in [-0.2, 0) is 11.3 Å². The van der Waals surface area contributed by atoms with Gasteiger partial charge in [-0.3, -0.25) is 4.79 Å². The SMILES string of the molecule is CCC(CC)C(O)CNC(=O)Cn1nnc(-c2ccccc2)n1. The minimum Gasteiger partial charge on any atom is -0.391 e. The maximum Gasteiger partial charge on any atom is 0.243 e. The van der Waals surface area contributed by atoms with Gasteiger partial charge in [-0.05, 0) is 11.1 Å². The van der Waals surface area contributed by atoms with Gasteiger partial charge in [-0.2, -0.15) is 4.80 Å². The zero-order valence-electron chi connectivity index (χ0n) is 13.5. The van der Waals surface area contributed by atoms with Gasteiger partial charge in [0.05, 0.1) is 6.10 Å². The summed E-state index contributed by atoms with van der Waals surface area (Å²) in [5.41, 5.74) is 0.850. The molecule has 0 fully saturated rings. The van der Waals surface area contributed by atoms with Gasteiger partial charge in [0.1, 0.15) is 6.54 Å². The van der Waals surface area contributed by atoms with Gasteiger partial charge >= 0.3 is 0 Å². The van der Waals surface area contributed by atoms with Crippen LogP contribution in [0.4, 0.5) is 0 Å². The van der Waals surface area contributed by atoms with Gasteiger partial charge in [-0.25, -0.2) is 0 Å². The molecule has 0 aliphatic heterocycles. The van der Waals surface area contributed by atoms with Crippen LogP contribution in [0.3, 0.4) is 0 Å². The lowest BCUT2D eigenvalue weighted by Crippen LogP contribution is -2.37. The van der Waals surface area contributed by atoms with Crippen LogP contribution in [0.5, 0.6) is 0 Å². The number of hydrogen-bond acceptors (Lipinski definition) is 5. The number of hydrogen-bond donors (Lipinski definition) is 2. The first-order valence-corrected chi connectivity index (χ1v) is 7.92. The molecule has 0 saturated heterocycles. The third-order valence-electron chi connectivity index (χ3n) is 3.87. The summed E-state index contributed by atoms with van der Waals surface area (Å²) in [5.74, 6) is 0.437. The minimum atomic E-state index is -0.530. The summed E-state index contributed by atoms with van der Waals surface area (Å²) in [6.07, 6.45) is 1.24. The summed E-state index contributed by atoms with van der Waals surface area (Å²) in [7, 11) is 0. The lowest BCUT2D eigenvalue weighted by molar-refractivity contribution is -0.122. The van der Waals surface area contributed by atoms with E-state index >= 15 is 0 Å². The van der Waals surface area contributed by atoms with Crippen LogP contribution in [0, 0.1) is 5.92 Å². The second-order valence-corrected chi connectivity index (χ2v) is 5.46. The second-order valence-electron chi connectivity index (χ2n) is 5.46. The summed E-state index contributed by atoms with van der Waals surface area (Å²) in [6.45, 7) is 4.29. The van der Waals surface area contributed by atoms with Gasteiger partial charge in [0.15, 0.2) is 0 Å². The maximum absolute atomic E-state index is 11.9. The fraction of sp³-hybridized carbons (Fsp3) is 0.500. The van der Waals surface area contributed by atoms with E-state index in [9.17, 15) is 9.90 Å². The molecule has 7 heteroatoms. The Labute approximate surface area is 135 Å². The Hall–Kier alpha value is -2.28. The zero-order chi connectivity index (χ0) is 16.7. The number of tetrazole rings is 1. The molecule has 2 N–H and O–H groups in total. The van der Waals surface area contributed by atoms with Crippen molar-refractivity contribution in [3.63, 3.8) is 0 Å². The lowest BCUT2D eigenvalue weighted by atomic mass is 9.96. The van der Waals surface area contributed by atoms with E-state index < -0.39 is 6.10 Å². The van der Waals surface area contributed by atoms with Crippen molar-refractivity contribution in [3.05, 3.63) is 30.3 Å². The largest absolute Gasteiger partial charge is 0.391 e. The van der Waals surface area contributed by atoms with Crippen LogP contribution >= 0.6 is 0 Å². The predicted octanol–water partition coefficient (Wildman–Crippen LogP) is 1.25. The van der Waals surface area contributed by atoms with Gasteiger partial charge in [0, 0.05) is 12.1 Å². The molecule has 0 radical (unpaired) electrons. The molecule has 1 amide bonds. The number of aliphatic hydroxyl groups excluding tert-OH is 1. The number of aromatic nitrogens is 4. The molecular weight excluding hydrogens is 294 g/mol. The number of aliphatic hydroxyl groups is 1. The van der Waals surface area contributed by atoms with Crippen LogP contribution in [0.25, 0.3) is 11.4 Å². The molecule has 1 unspecified atom stereocenters. The van der Waals surface area contributed by atoms with Crippen LogP contribution in [0.15, 0.2) is 30.3 Å². The van der Waals surface area contributed by atoms with E-state index in [0.29, 0.717) is 5.82 Å². The zero-order valence-corrected chi connectivity index (χ0v) is 13.5. The van der Waals surface area contributed by atoms with Gasteiger partial charge in [0.2, 0.25) is 11.7 Å². The van der Waals surface area contributed by atoms with Crippen molar-refractivity contribution in [2.24, 2.45) is 5.92 Å². The Bertz CT molecular complexity index is 610. The van der Waals surface area contributed by atoms with E-state index in [-0.39, 0.29) is 24.9 Å². The summed E-state index contributed by atoms with van der Waals surface area (Å²) in [5, 5.41) is 24.7. The Morgan fingerprint density at radius 2 is 1.96 bits per heavy atom. The first-order chi connectivity index (χ1) is 11.1. The van der Waals surface area contributed by atoms with Crippen molar-refractivity contribution in [1.82, 2.24) is 25.5 Å². The highest BCUT2D eigenvalue weighted by molar-refractivity contribution is 5.75. The smallest absolute Gasteiger partial charge is 0.243 e. The Morgan fingerprint density at radius 3 is 2.61 bits per heavy atom. The van der Waals surface area contributed by atoms with Gasteiger partial charge in [-0.1, -0.05) is 57.0 Å². The number of nitrogens with zero attached hydrogens (tertiary/aromatic N) is 4. The number of rotatable bonds is 8. The molecule has 7 nitrogen and oxygen atoms in total. The normalized spacial score (nSPS) is 12.3. The average molecular weight is 317 g/mol. The van der Waals surface area contributed by atoms with Gasteiger partial charge in [0.25, 0.3) is 0 Å². The molecule has 0 aliphatic carbocycles. The summed E-state index contributed by atoms with van der Waals surface area (Å²) in [6, 6.07) is 9.46. The molecular formula is C16H23N5O2.